The van der Waals surface area contributed by atoms with Gasteiger partial charge in [-0.15, -0.1) is 0 Å². The number of esters is 2. The second kappa shape index (κ2) is 56.1. The van der Waals surface area contributed by atoms with Crippen molar-refractivity contribution in [2.24, 2.45) is 5.11 Å². The molecule has 0 aromatic heterocycles. The lowest BCUT2D eigenvalue weighted by Crippen LogP contribution is -2.69. The van der Waals surface area contributed by atoms with E-state index in [1.54, 1.807) is 0 Å². The average Bonchev–Trinajstić information content (AvgIpc) is 0.748. The van der Waals surface area contributed by atoms with Crippen LogP contribution in [0.1, 0.15) is 233 Å². The number of unbranched alkanes of at least 4 members (excludes halogenated alkanes) is 24. The molecule has 636 valence electrons. The molecule has 2 aliphatic rings. The van der Waals surface area contributed by atoms with Gasteiger partial charge in [-0.3, -0.25) is 18.6 Å². The summed E-state index contributed by atoms with van der Waals surface area (Å²) in [6.45, 7) is 3.31. The Morgan fingerprint density at radius 2 is 0.701 bits per heavy atom. The zero-order chi connectivity index (χ0) is 81.8. The highest BCUT2D eigenvalue weighted by Gasteiger charge is 2.59. The molecule has 117 heavy (non-hydrogen) atoms. The number of hydrogen-bond acceptors (Lipinski definition) is 17. The van der Waals surface area contributed by atoms with Crippen molar-refractivity contribution in [2.75, 3.05) is 19.8 Å². The van der Waals surface area contributed by atoms with Crippen molar-refractivity contribution >= 4 is 19.8 Å². The third kappa shape index (κ3) is 35.8. The van der Waals surface area contributed by atoms with E-state index in [1.165, 1.54) is 103 Å². The zero-order valence-electron chi connectivity index (χ0n) is 69.3. The third-order valence-corrected chi connectivity index (χ3v) is 22.5. The Bertz CT molecular complexity index is 3820. The van der Waals surface area contributed by atoms with Crippen molar-refractivity contribution in [1.82, 2.24) is 0 Å². The summed E-state index contributed by atoms with van der Waals surface area (Å²) in [6, 6.07) is 65.6. The van der Waals surface area contributed by atoms with Gasteiger partial charge in [-0.25, -0.2) is 4.57 Å². The number of benzene rings is 7. The van der Waals surface area contributed by atoms with Crippen LogP contribution in [0.15, 0.2) is 217 Å². The van der Waals surface area contributed by atoms with Crippen LogP contribution in [0.25, 0.3) is 10.4 Å². The summed E-state index contributed by atoms with van der Waals surface area (Å²) in [7, 11) is -5.53. The molecule has 1 saturated carbocycles. The average molecular weight is 1630 g/mol. The van der Waals surface area contributed by atoms with Gasteiger partial charge in [-0.05, 0) is 57.3 Å². The number of phosphoric acid groups is 1. The highest BCUT2D eigenvalue weighted by atomic mass is 31.2. The summed E-state index contributed by atoms with van der Waals surface area (Å²) in [5, 5.41) is 4.49. The molecule has 0 amide bonds. The van der Waals surface area contributed by atoms with E-state index >= 15 is 4.57 Å². The molecule has 7 aromatic rings. The molecule has 13 atom stereocenters. The molecule has 1 N–H and O–H groups in total. The van der Waals surface area contributed by atoms with Gasteiger partial charge >= 0.3 is 19.8 Å². The van der Waals surface area contributed by atoms with Crippen LogP contribution in [0.5, 0.6) is 0 Å². The molecular formula is C96H130N3O17P. The Morgan fingerprint density at radius 3 is 1.06 bits per heavy atom. The summed E-state index contributed by atoms with van der Waals surface area (Å²) >= 11 is 0. The van der Waals surface area contributed by atoms with Crippen LogP contribution in [0.4, 0.5) is 0 Å². The lowest BCUT2D eigenvalue weighted by molar-refractivity contribution is -0.337. The van der Waals surface area contributed by atoms with Crippen molar-refractivity contribution in [1.29, 1.82) is 0 Å². The van der Waals surface area contributed by atoms with Crippen LogP contribution in [-0.4, -0.2) is 110 Å². The molecule has 2 fully saturated rings. The van der Waals surface area contributed by atoms with Crippen molar-refractivity contribution in [2.45, 2.75) is 313 Å². The van der Waals surface area contributed by atoms with Crippen LogP contribution in [-0.2, 0) is 122 Å². The van der Waals surface area contributed by atoms with E-state index in [0.717, 1.165) is 90.3 Å². The molecule has 20 nitrogen and oxygen atoms in total. The summed E-state index contributed by atoms with van der Waals surface area (Å²) < 4.78 is 105. The van der Waals surface area contributed by atoms with Crippen molar-refractivity contribution in [3.63, 3.8) is 0 Å². The first-order valence-electron chi connectivity index (χ1n) is 43.5. The van der Waals surface area contributed by atoms with E-state index in [1.807, 2.05) is 212 Å². The smallest absolute Gasteiger partial charge is 0.462 e. The monoisotopic (exact) mass is 1630 g/mol. The molecular weight excluding hydrogens is 1500 g/mol. The fraction of sp³-hybridized carbons (Fsp3) is 0.542. The number of hydrogen-bond donors (Lipinski definition) is 1. The normalized spacial score (nSPS) is 20.7. The van der Waals surface area contributed by atoms with Crippen molar-refractivity contribution in [3.05, 3.63) is 262 Å². The molecule has 0 bridgehead atoms. The minimum Gasteiger partial charge on any atom is -0.462 e. The van der Waals surface area contributed by atoms with E-state index in [2.05, 4.69) is 23.9 Å². The molecule has 1 aliphatic heterocycles. The van der Waals surface area contributed by atoms with Crippen LogP contribution >= 0.6 is 7.82 Å². The fourth-order valence-electron chi connectivity index (χ4n) is 15.0. The molecule has 0 radical (unpaired) electrons. The van der Waals surface area contributed by atoms with Gasteiger partial charge in [-0.2, -0.15) is 0 Å². The van der Waals surface area contributed by atoms with Gasteiger partial charge < -0.3 is 57.0 Å². The van der Waals surface area contributed by atoms with E-state index in [-0.39, 0.29) is 65.7 Å². The van der Waals surface area contributed by atoms with Gasteiger partial charge in [0.2, 0.25) is 0 Å². The minimum atomic E-state index is -5.53. The molecule has 1 heterocycles. The van der Waals surface area contributed by atoms with E-state index < -0.39 is 106 Å². The van der Waals surface area contributed by atoms with Gasteiger partial charge in [0.15, 0.2) is 12.4 Å². The first-order valence-corrected chi connectivity index (χ1v) is 45.0. The number of carbonyl (C=O) groups excluding carboxylic acids is 2. The maximum atomic E-state index is 15.8. The minimum absolute atomic E-state index is 0.00847. The number of phosphoric ester groups is 1. The second-order valence-electron chi connectivity index (χ2n) is 31.0. The van der Waals surface area contributed by atoms with Gasteiger partial charge in [0.1, 0.15) is 67.6 Å². The highest BCUT2D eigenvalue weighted by molar-refractivity contribution is 7.47. The molecule has 9 rings (SSSR count). The fourth-order valence-corrected chi connectivity index (χ4v) is 16.0. The zero-order valence-corrected chi connectivity index (χ0v) is 70.2. The Hall–Kier alpha value is -7.46. The van der Waals surface area contributed by atoms with E-state index in [4.69, 9.17) is 61.2 Å². The molecule has 1 unspecified atom stereocenters. The Balaban J connectivity index is 1.07. The van der Waals surface area contributed by atoms with Gasteiger partial charge in [0.05, 0.1) is 59.5 Å². The van der Waals surface area contributed by atoms with Crippen LogP contribution < -0.4 is 0 Å². The van der Waals surface area contributed by atoms with Gasteiger partial charge in [0, 0.05) is 17.8 Å². The lowest BCUT2D eigenvalue weighted by Gasteiger charge is -2.52. The maximum Gasteiger partial charge on any atom is 0.472 e. The first kappa shape index (κ1) is 93.4. The predicted octanol–water partition coefficient (Wildman–Crippen LogP) is 22.4. The largest absolute Gasteiger partial charge is 0.472 e. The van der Waals surface area contributed by atoms with Gasteiger partial charge in [0.25, 0.3) is 0 Å². The lowest BCUT2D eigenvalue weighted by atomic mass is 9.83. The van der Waals surface area contributed by atoms with E-state index in [0.29, 0.717) is 12.8 Å². The quantitative estimate of drug-likeness (QED) is 0.00930. The summed E-state index contributed by atoms with van der Waals surface area (Å²) in [5.41, 5.74) is 16.5. The standard InChI is InChI=1S/C96H130N3O17P/c1-3-5-7-9-11-13-15-17-19-21-23-25-48-64-85(100)105-73-83(113-86(101)65-49-26-24-22-20-18-16-14-12-10-8-6-4-2)74-112-117(102,103)116-95-93(111-72-82-62-46-33-47-63-82)91(109-70-80-58-42-31-43-59-80)90(108-69-79-56-40-30-41-57-79)92(110-71-81-60-44-32-45-61-81)94(95)115-96-87(98-99-97)89(107-68-78-54-38-29-39-55-78)88(106-67-77-52-36-28-37-53-77)84(114-96)75-104-66-76-50-34-27-35-51-76/h27-47,50-63,83-84,87-96H,3-26,48-49,64-75H2,1-2H3,(H,102,103)/t83-,84-,87-,88-,89-,90+,91+,92-,93+,94+,95+,96-/m1/s1. The second-order valence-corrected chi connectivity index (χ2v) is 32.4. The summed E-state index contributed by atoms with van der Waals surface area (Å²) in [6.07, 6.45) is 15.0. The number of nitrogens with zero attached hydrogens (tertiary/aromatic N) is 3. The maximum absolute atomic E-state index is 15.8. The molecule has 1 saturated heterocycles. The SMILES string of the molecule is CCCCCCCCCCCCCCCC(=O)OC[C@H](COP(=O)(O)O[C@H]1[C@@H](OCc2ccccc2)[C@@H](OCc2ccccc2)[C@H](OCc2ccccc2)[C@@H](OCc2ccccc2)[C@@H]1O[C@H]1O[C@H](COCc2ccccc2)[C@@H](OCc2ccccc2)[C@H](OCc2ccccc2)[C@H]1N=[N+]=[N-])OC(=O)CCCCCCCCCCCCCCC. The summed E-state index contributed by atoms with van der Waals surface area (Å²) in [4.78, 5) is 44.0. The first-order chi connectivity index (χ1) is 57.6. The third-order valence-electron chi connectivity index (χ3n) is 21.5. The Labute approximate surface area is 696 Å². The van der Waals surface area contributed by atoms with Crippen LogP contribution in [0, 0.1) is 0 Å². The van der Waals surface area contributed by atoms with Crippen molar-refractivity contribution < 1.29 is 80.2 Å². The molecule has 21 heteroatoms. The number of rotatable bonds is 61. The number of azide groups is 1. The van der Waals surface area contributed by atoms with E-state index in [9.17, 15) is 20.0 Å². The van der Waals surface area contributed by atoms with Gasteiger partial charge in [-0.1, -0.05) is 385 Å². The van der Waals surface area contributed by atoms with Crippen molar-refractivity contribution in [3.8, 4) is 0 Å². The topological polar surface area (TPSA) is 240 Å². The number of ether oxygens (including phenoxy) is 11. The summed E-state index contributed by atoms with van der Waals surface area (Å²) in [5.74, 6) is -1.08. The molecule has 0 spiro atoms. The Morgan fingerprint density at radius 1 is 0.393 bits per heavy atom. The van der Waals surface area contributed by atoms with Crippen LogP contribution in [0.3, 0.4) is 0 Å². The highest BCUT2D eigenvalue weighted by Crippen LogP contribution is 2.50. The predicted molar refractivity (Wildman–Crippen MR) is 455 cm³/mol. The Kier molecular flexibility index (Phi) is 44.8. The van der Waals surface area contributed by atoms with Crippen LogP contribution in [0.2, 0.25) is 0 Å². The molecule has 7 aromatic carbocycles. The number of carbonyl (C=O) groups is 2. The molecule has 1 aliphatic carbocycles.